The van der Waals surface area contributed by atoms with Crippen LogP contribution in [-0.2, 0) is 4.74 Å². The highest BCUT2D eigenvalue weighted by molar-refractivity contribution is 6.30. The smallest absolute Gasteiger partial charge is 0.374 e. The maximum atomic E-state index is 13.9. The molecule has 6 heteroatoms. The van der Waals surface area contributed by atoms with Gasteiger partial charge in [-0.25, -0.2) is 9.18 Å². The van der Waals surface area contributed by atoms with Gasteiger partial charge in [0.1, 0.15) is 11.6 Å². The predicted octanol–water partition coefficient (Wildman–Crippen LogP) is 5.45. The lowest BCUT2D eigenvalue weighted by atomic mass is 10.00. The zero-order chi connectivity index (χ0) is 18.7. The molecule has 0 aliphatic heterocycles. The Hall–Kier alpha value is -3.10. The molecule has 0 bridgehead atoms. The van der Waals surface area contributed by atoms with Gasteiger partial charge in [-0.1, -0.05) is 23.7 Å². The lowest BCUT2D eigenvalue weighted by molar-refractivity contribution is 0.0491. The molecule has 4 nitrogen and oxygen atoms in total. The van der Waals surface area contributed by atoms with Crippen molar-refractivity contribution in [1.82, 2.24) is 0 Å². The van der Waals surface area contributed by atoms with Crippen LogP contribution >= 0.6 is 11.6 Å². The Morgan fingerprint density at radius 1 is 1.23 bits per heavy atom. The second-order valence-electron chi connectivity index (χ2n) is 5.42. The summed E-state index contributed by atoms with van der Waals surface area (Å²) in [5, 5.41) is 9.57. The van der Waals surface area contributed by atoms with E-state index >= 15 is 0 Å². The zero-order valence-electron chi connectivity index (χ0n) is 13.8. The van der Waals surface area contributed by atoms with Crippen molar-refractivity contribution in [2.24, 2.45) is 0 Å². The number of halogens is 2. The summed E-state index contributed by atoms with van der Waals surface area (Å²) in [6.07, 6.45) is 0. The number of esters is 1. The van der Waals surface area contributed by atoms with Crippen molar-refractivity contribution in [1.29, 1.82) is 5.26 Å². The molecule has 0 spiro atoms. The fourth-order valence-corrected chi connectivity index (χ4v) is 2.75. The standard InChI is InChI=1S/C20H13ClFNO3/c1-2-25-20(24)18-10-17(14-6-12(11-23)7-16(22)9-14)19(26-18)13-4-3-5-15(21)8-13/h3-10H,2H2,1H3. The molecule has 3 aromatic rings. The van der Waals surface area contributed by atoms with Crippen molar-refractivity contribution in [3.8, 4) is 28.5 Å². The van der Waals surface area contributed by atoms with Crippen molar-refractivity contribution < 1.29 is 18.3 Å². The molecule has 0 atom stereocenters. The van der Waals surface area contributed by atoms with E-state index in [1.165, 1.54) is 18.2 Å². The Labute approximate surface area is 154 Å². The summed E-state index contributed by atoms with van der Waals surface area (Å²) in [6, 6.07) is 14.2. The van der Waals surface area contributed by atoms with Gasteiger partial charge in [0.15, 0.2) is 0 Å². The quantitative estimate of drug-likeness (QED) is 0.573. The largest absolute Gasteiger partial charge is 0.460 e. The molecule has 0 fully saturated rings. The fraction of sp³-hybridized carbons (Fsp3) is 0.100. The van der Waals surface area contributed by atoms with Crippen LogP contribution in [0.15, 0.2) is 52.9 Å². The number of hydrogen-bond donors (Lipinski definition) is 0. The molecule has 0 saturated carbocycles. The van der Waals surface area contributed by atoms with Gasteiger partial charge in [-0.05, 0) is 48.9 Å². The van der Waals surface area contributed by atoms with Crippen LogP contribution in [0, 0.1) is 17.1 Å². The summed E-state index contributed by atoms with van der Waals surface area (Å²) in [4.78, 5) is 12.1. The van der Waals surface area contributed by atoms with Crippen molar-refractivity contribution in [2.45, 2.75) is 6.92 Å². The molecular weight excluding hydrogens is 357 g/mol. The molecular formula is C20H13ClFNO3. The number of nitriles is 1. The van der Waals surface area contributed by atoms with E-state index in [-0.39, 0.29) is 17.9 Å². The van der Waals surface area contributed by atoms with Gasteiger partial charge in [-0.15, -0.1) is 0 Å². The van der Waals surface area contributed by atoms with Crippen LogP contribution < -0.4 is 0 Å². The van der Waals surface area contributed by atoms with Gasteiger partial charge in [0, 0.05) is 16.1 Å². The second-order valence-corrected chi connectivity index (χ2v) is 5.86. The number of rotatable bonds is 4. The Morgan fingerprint density at radius 3 is 2.73 bits per heavy atom. The first-order chi connectivity index (χ1) is 12.5. The van der Waals surface area contributed by atoms with Gasteiger partial charge in [0.25, 0.3) is 0 Å². The van der Waals surface area contributed by atoms with E-state index < -0.39 is 11.8 Å². The Bertz CT molecular complexity index is 1020. The molecule has 26 heavy (non-hydrogen) atoms. The topological polar surface area (TPSA) is 63.2 Å². The number of nitrogens with zero attached hydrogens (tertiary/aromatic N) is 1. The molecule has 0 radical (unpaired) electrons. The minimum Gasteiger partial charge on any atom is -0.460 e. The number of benzene rings is 2. The SMILES string of the molecule is CCOC(=O)c1cc(-c2cc(F)cc(C#N)c2)c(-c2cccc(Cl)c2)o1. The van der Waals surface area contributed by atoms with Crippen LogP contribution in [0.5, 0.6) is 0 Å². The highest BCUT2D eigenvalue weighted by Crippen LogP contribution is 2.37. The van der Waals surface area contributed by atoms with E-state index in [9.17, 15) is 9.18 Å². The summed E-state index contributed by atoms with van der Waals surface area (Å²) in [5.74, 6) is -0.862. The van der Waals surface area contributed by atoms with E-state index in [1.807, 2.05) is 6.07 Å². The zero-order valence-corrected chi connectivity index (χ0v) is 14.5. The highest BCUT2D eigenvalue weighted by atomic mass is 35.5. The number of hydrogen-bond acceptors (Lipinski definition) is 4. The molecule has 0 amide bonds. The molecule has 2 aromatic carbocycles. The fourth-order valence-electron chi connectivity index (χ4n) is 2.56. The summed E-state index contributed by atoms with van der Waals surface area (Å²) in [5.41, 5.74) is 1.66. The molecule has 0 unspecified atom stereocenters. The molecule has 1 aromatic heterocycles. The third-order valence-corrected chi connectivity index (χ3v) is 3.87. The monoisotopic (exact) mass is 369 g/mol. The first-order valence-corrected chi connectivity index (χ1v) is 8.17. The van der Waals surface area contributed by atoms with E-state index in [1.54, 1.807) is 31.2 Å². The minimum absolute atomic E-state index is 0.0143. The van der Waals surface area contributed by atoms with Gasteiger partial charge in [0.05, 0.1) is 18.2 Å². The average Bonchev–Trinajstić information content (AvgIpc) is 3.07. The summed E-state index contributed by atoms with van der Waals surface area (Å²) < 4.78 is 24.6. The molecule has 1 heterocycles. The lowest BCUT2D eigenvalue weighted by Gasteiger charge is -2.05. The lowest BCUT2D eigenvalue weighted by Crippen LogP contribution is -2.02. The van der Waals surface area contributed by atoms with Crippen LogP contribution in [0.2, 0.25) is 5.02 Å². The van der Waals surface area contributed by atoms with Crippen LogP contribution in [0.3, 0.4) is 0 Å². The van der Waals surface area contributed by atoms with Crippen LogP contribution in [0.25, 0.3) is 22.5 Å². The van der Waals surface area contributed by atoms with Gasteiger partial charge in [0.2, 0.25) is 5.76 Å². The first kappa shape index (κ1) is 17.7. The third-order valence-electron chi connectivity index (χ3n) is 3.63. The van der Waals surface area contributed by atoms with Crippen LogP contribution in [-0.4, -0.2) is 12.6 Å². The van der Waals surface area contributed by atoms with Crippen molar-refractivity contribution in [3.63, 3.8) is 0 Å². The maximum absolute atomic E-state index is 13.9. The summed E-state index contributed by atoms with van der Waals surface area (Å²) in [7, 11) is 0. The summed E-state index contributed by atoms with van der Waals surface area (Å²) >= 11 is 6.05. The normalized spacial score (nSPS) is 10.4. The first-order valence-electron chi connectivity index (χ1n) is 7.79. The van der Waals surface area contributed by atoms with E-state index in [4.69, 9.17) is 26.0 Å². The molecule has 0 aliphatic carbocycles. The average molecular weight is 370 g/mol. The van der Waals surface area contributed by atoms with Crippen LogP contribution in [0.4, 0.5) is 4.39 Å². The predicted molar refractivity (Wildman–Crippen MR) is 95.2 cm³/mol. The Morgan fingerprint density at radius 2 is 2.04 bits per heavy atom. The van der Waals surface area contributed by atoms with Crippen molar-refractivity contribution >= 4 is 17.6 Å². The van der Waals surface area contributed by atoms with Gasteiger partial charge in [-0.3, -0.25) is 0 Å². The van der Waals surface area contributed by atoms with E-state index in [0.29, 0.717) is 27.5 Å². The van der Waals surface area contributed by atoms with Crippen molar-refractivity contribution in [2.75, 3.05) is 6.61 Å². The molecule has 130 valence electrons. The highest BCUT2D eigenvalue weighted by Gasteiger charge is 2.21. The maximum Gasteiger partial charge on any atom is 0.374 e. The third kappa shape index (κ3) is 3.61. The minimum atomic E-state index is -0.626. The van der Waals surface area contributed by atoms with Gasteiger partial charge >= 0.3 is 5.97 Å². The Balaban J connectivity index is 2.21. The van der Waals surface area contributed by atoms with Gasteiger partial charge in [-0.2, -0.15) is 5.26 Å². The number of carbonyl (C=O) groups is 1. The molecule has 0 saturated heterocycles. The van der Waals surface area contributed by atoms with Gasteiger partial charge < -0.3 is 9.15 Å². The van der Waals surface area contributed by atoms with Crippen molar-refractivity contribution in [3.05, 3.63) is 70.7 Å². The van der Waals surface area contributed by atoms with E-state index in [0.717, 1.165) is 6.07 Å². The summed E-state index contributed by atoms with van der Waals surface area (Å²) in [6.45, 7) is 1.88. The molecule has 3 rings (SSSR count). The van der Waals surface area contributed by atoms with E-state index in [2.05, 4.69) is 0 Å². The number of carbonyl (C=O) groups excluding carboxylic acids is 1. The Kier molecular flexibility index (Phi) is 5.06. The molecule has 0 aliphatic rings. The second kappa shape index (κ2) is 7.42. The molecule has 0 N–H and O–H groups in total. The number of furan rings is 1. The number of ether oxygens (including phenoxy) is 1. The van der Waals surface area contributed by atoms with Crippen LogP contribution in [0.1, 0.15) is 23.0 Å².